The van der Waals surface area contributed by atoms with Crippen LogP contribution in [0.25, 0.3) is 0 Å². The first-order valence-corrected chi connectivity index (χ1v) is 6.20. The fourth-order valence-electron chi connectivity index (χ4n) is 1.84. The number of hydrogen-bond donors (Lipinski definition) is 3. The van der Waals surface area contributed by atoms with Crippen LogP contribution in [0.5, 0.6) is 0 Å². The molecule has 1 aliphatic heterocycles. The van der Waals surface area contributed by atoms with Crippen LogP contribution in [0.1, 0.15) is 11.8 Å². The summed E-state index contributed by atoms with van der Waals surface area (Å²) in [6.07, 6.45) is -2.64. The molecule has 0 bridgehead atoms. The van der Waals surface area contributed by atoms with Crippen LogP contribution in [-0.2, 0) is 4.74 Å². The summed E-state index contributed by atoms with van der Waals surface area (Å²) in [4.78, 5) is 15.1. The molecule has 1 aromatic heterocycles. The molecule has 0 unspecified atom stereocenters. The molecule has 4 atom stereocenters. The second kappa shape index (κ2) is 5.08. The van der Waals surface area contributed by atoms with E-state index in [0.29, 0.717) is 5.56 Å². The standard InChI is InChI=1S/C10H13N2O5Se/c1-4-2-12(10(18)11-8(4)16)9-7(15)6(14)5(3-13)17-9/h2,5-7,9,13-15H,3H2,1H3/t5-,6-,7-,9-/m1/s1. The molecule has 1 aromatic rings. The molecule has 18 heavy (non-hydrogen) atoms. The monoisotopic (exact) mass is 321 g/mol. The Balaban J connectivity index is 2.38. The van der Waals surface area contributed by atoms with Crippen LogP contribution >= 0.6 is 0 Å². The van der Waals surface area contributed by atoms with Gasteiger partial charge < -0.3 is 0 Å². The van der Waals surface area contributed by atoms with Crippen LogP contribution in [0.15, 0.2) is 11.0 Å². The SMILES string of the molecule is Cc1cn([C@@H]2O[C@H](CO)[C@@H](O)[C@H]2O)c([Se])nc1=O. The normalized spacial score (nSPS) is 31.8. The van der Waals surface area contributed by atoms with Gasteiger partial charge in [0.25, 0.3) is 0 Å². The molecule has 99 valence electrons. The van der Waals surface area contributed by atoms with E-state index >= 15 is 0 Å². The van der Waals surface area contributed by atoms with Crippen molar-refractivity contribution in [3.63, 3.8) is 0 Å². The number of aryl methyl sites for hydroxylation is 1. The Morgan fingerprint density at radius 1 is 1.50 bits per heavy atom. The van der Waals surface area contributed by atoms with Crippen LogP contribution in [0, 0.1) is 6.92 Å². The Bertz CT molecular complexity index is 506. The minimum atomic E-state index is -1.20. The van der Waals surface area contributed by atoms with E-state index in [1.165, 1.54) is 10.8 Å². The van der Waals surface area contributed by atoms with Gasteiger partial charge in [-0.15, -0.1) is 0 Å². The summed E-state index contributed by atoms with van der Waals surface area (Å²) >= 11 is 2.60. The molecule has 1 saturated heterocycles. The topological polar surface area (TPSA) is 105 Å². The van der Waals surface area contributed by atoms with Gasteiger partial charge in [-0.25, -0.2) is 0 Å². The summed E-state index contributed by atoms with van der Waals surface area (Å²) in [7, 11) is 0. The second-order valence-electron chi connectivity index (χ2n) is 4.15. The zero-order valence-electron chi connectivity index (χ0n) is 9.55. The molecule has 0 amide bonds. The van der Waals surface area contributed by atoms with Gasteiger partial charge in [0.1, 0.15) is 0 Å². The molecule has 0 aliphatic carbocycles. The van der Waals surface area contributed by atoms with Gasteiger partial charge >= 0.3 is 111 Å². The van der Waals surface area contributed by atoms with Crippen LogP contribution in [0.4, 0.5) is 0 Å². The summed E-state index contributed by atoms with van der Waals surface area (Å²) in [5.41, 5.74) is 0.0264. The third kappa shape index (κ3) is 2.23. The summed E-state index contributed by atoms with van der Waals surface area (Å²) in [5.74, 6) is 0. The summed E-state index contributed by atoms with van der Waals surface area (Å²) < 4.78 is 7.03. The quantitative estimate of drug-likeness (QED) is 0.500. The van der Waals surface area contributed by atoms with E-state index in [-0.39, 0.29) is 10.3 Å². The first-order chi connectivity index (χ1) is 8.45. The van der Waals surface area contributed by atoms with Crippen LogP contribution in [0.3, 0.4) is 0 Å². The maximum atomic E-state index is 11.3. The molecule has 7 nitrogen and oxygen atoms in total. The van der Waals surface area contributed by atoms with Crippen LogP contribution in [-0.4, -0.2) is 65.8 Å². The van der Waals surface area contributed by atoms with Crippen LogP contribution < -0.4 is 10.3 Å². The summed E-state index contributed by atoms with van der Waals surface area (Å²) in [5, 5.41) is 28.5. The van der Waals surface area contributed by atoms with Crippen molar-refractivity contribution in [2.75, 3.05) is 6.61 Å². The fraction of sp³-hybridized carbons (Fsp3) is 0.600. The molecule has 2 heterocycles. The number of aliphatic hydroxyl groups is 3. The predicted molar refractivity (Wildman–Crippen MR) is 61.6 cm³/mol. The summed E-state index contributed by atoms with van der Waals surface area (Å²) in [6.45, 7) is 1.19. The van der Waals surface area contributed by atoms with E-state index in [9.17, 15) is 15.0 Å². The number of rotatable bonds is 2. The minimum absolute atomic E-state index is 0.250. The third-order valence-electron chi connectivity index (χ3n) is 2.88. The first-order valence-electron chi connectivity index (χ1n) is 5.35. The van der Waals surface area contributed by atoms with E-state index in [1.54, 1.807) is 6.92 Å². The van der Waals surface area contributed by atoms with Gasteiger partial charge in [-0.05, 0) is 0 Å². The molecule has 0 saturated carbocycles. The second-order valence-corrected chi connectivity index (χ2v) is 4.91. The van der Waals surface area contributed by atoms with Gasteiger partial charge in [0.05, 0.1) is 0 Å². The molecule has 0 spiro atoms. The van der Waals surface area contributed by atoms with E-state index in [4.69, 9.17) is 9.84 Å². The van der Waals surface area contributed by atoms with Gasteiger partial charge in [0.15, 0.2) is 0 Å². The summed E-state index contributed by atoms with van der Waals surface area (Å²) in [6, 6.07) is 0. The average Bonchev–Trinajstić information content (AvgIpc) is 2.61. The van der Waals surface area contributed by atoms with E-state index < -0.39 is 31.1 Å². The fourth-order valence-corrected chi connectivity index (χ4v) is 2.35. The van der Waals surface area contributed by atoms with Gasteiger partial charge in [-0.2, -0.15) is 0 Å². The van der Waals surface area contributed by atoms with Crippen molar-refractivity contribution in [1.29, 1.82) is 0 Å². The Kier molecular flexibility index (Phi) is 3.86. The van der Waals surface area contributed by atoms with Crippen LogP contribution in [0.2, 0.25) is 0 Å². The number of hydrogen-bond acceptors (Lipinski definition) is 6. The van der Waals surface area contributed by atoms with E-state index in [1.807, 2.05) is 0 Å². The number of ether oxygens (including phenoxy) is 1. The Morgan fingerprint density at radius 2 is 2.17 bits per heavy atom. The van der Waals surface area contributed by atoms with Crippen molar-refractivity contribution in [3.05, 3.63) is 22.1 Å². The van der Waals surface area contributed by atoms with Gasteiger partial charge in [-0.1, -0.05) is 0 Å². The van der Waals surface area contributed by atoms with Crippen molar-refractivity contribution in [1.82, 2.24) is 9.55 Å². The van der Waals surface area contributed by atoms with Crippen molar-refractivity contribution < 1.29 is 20.1 Å². The molecule has 1 aliphatic rings. The van der Waals surface area contributed by atoms with Gasteiger partial charge in [0, 0.05) is 0 Å². The average molecular weight is 320 g/mol. The Morgan fingerprint density at radius 3 is 2.72 bits per heavy atom. The Hall–Kier alpha value is -0.761. The molecule has 8 heteroatoms. The number of nitrogens with zero attached hydrogens (tertiary/aromatic N) is 2. The zero-order chi connectivity index (χ0) is 13.4. The van der Waals surface area contributed by atoms with E-state index in [2.05, 4.69) is 21.0 Å². The van der Waals surface area contributed by atoms with Crippen molar-refractivity contribution in [3.8, 4) is 0 Å². The molecular weight excluding hydrogens is 307 g/mol. The molecule has 1 fully saturated rings. The number of aliphatic hydroxyl groups excluding tert-OH is 3. The van der Waals surface area contributed by atoms with E-state index in [0.717, 1.165) is 0 Å². The van der Waals surface area contributed by atoms with Gasteiger partial charge in [0.2, 0.25) is 0 Å². The maximum absolute atomic E-state index is 11.3. The van der Waals surface area contributed by atoms with Crippen molar-refractivity contribution in [2.45, 2.75) is 31.5 Å². The molecule has 1 radical (unpaired) electrons. The molecular formula is C10H13N2O5Se. The third-order valence-corrected chi connectivity index (χ3v) is 3.51. The molecule has 2 rings (SSSR count). The van der Waals surface area contributed by atoms with Crippen molar-refractivity contribution in [2.24, 2.45) is 0 Å². The Labute approximate surface area is 111 Å². The molecule has 0 aromatic carbocycles. The van der Waals surface area contributed by atoms with Crippen molar-refractivity contribution >= 4 is 20.7 Å². The zero-order valence-corrected chi connectivity index (χ0v) is 11.3. The number of aromatic nitrogens is 2. The van der Waals surface area contributed by atoms with Gasteiger partial charge in [-0.3, -0.25) is 0 Å². The molecule has 3 N–H and O–H groups in total. The predicted octanol–water partition coefficient (Wildman–Crippen LogP) is -3.04. The first kappa shape index (κ1) is 13.7.